The van der Waals surface area contributed by atoms with Gasteiger partial charge in [-0.15, -0.1) is 0 Å². The molecule has 2 aliphatic heterocycles. The van der Waals surface area contributed by atoms with E-state index in [4.69, 9.17) is 14.7 Å². The van der Waals surface area contributed by atoms with Gasteiger partial charge in [-0.2, -0.15) is 0 Å². The predicted molar refractivity (Wildman–Crippen MR) is 220 cm³/mol. The average Bonchev–Trinajstić information content (AvgIpc) is 4.04. The lowest BCUT2D eigenvalue weighted by Crippen LogP contribution is -1.97. The summed E-state index contributed by atoms with van der Waals surface area (Å²) in [6.45, 7) is 0.600. The Morgan fingerprint density at radius 3 is 1.06 bits per heavy atom. The molecule has 5 nitrogen and oxygen atoms in total. The van der Waals surface area contributed by atoms with Crippen LogP contribution in [-0.4, -0.2) is 31.9 Å². The van der Waals surface area contributed by atoms with Gasteiger partial charge in [-0.1, -0.05) is 119 Å². The Morgan fingerprint density at radius 1 is 0.404 bits per heavy atom. The molecule has 52 heavy (non-hydrogen) atoms. The lowest BCUT2D eigenvalue weighted by Gasteiger charge is -2.08. The van der Waals surface area contributed by atoms with Crippen LogP contribution in [0.4, 0.5) is 0 Å². The van der Waals surface area contributed by atoms with Gasteiger partial charge in [0.1, 0.15) is 5.75 Å². The second-order valence-electron chi connectivity index (χ2n) is 12.7. The summed E-state index contributed by atoms with van der Waals surface area (Å²) < 4.78 is 5.90. The van der Waals surface area contributed by atoms with E-state index in [0.717, 1.165) is 100 Å². The molecule has 4 aromatic carbocycles. The first-order valence-electron chi connectivity index (χ1n) is 17.4. The molecule has 0 aliphatic carbocycles. The van der Waals surface area contributed by atoms with Crippen LogP contribution >= 0.6 is 15.9 Å². The smallest absolute Gasteiger partial charge is 0.119 e. The average molecular weight is 738 g/mol. The third-order valence-corrected chi connectivity index (χ3v) is 9.75. The highest BCUT2D eigenvalue weighted by Crippen LogP contribution is 2.38. The van der Waals surface area contributed by atoms with Crippen LogP contribution in [0, 0.1) is 0 Å². The molecule has 3 aromatic heterocycles. The second kappa shape index (κ2) is 13.8. The minimum absolute atomic E-state index is 0.600. The maximum atomic E-state index is 5.90. The minimum Gasteiger partial charge on any atom is -0.493 e. The Balaban J connectivity index is 1.43. The molecule has 0 fully saturated rings. The molecule has 0 unspecified atom stereocenters. The normalized spacial score (nSPS) is 11.9. The molecule has 5 heterocycles. The minimum atomic E-state index is 0.600. The molecule has 0 atom stereocenters. The van der Waals surface area contributed by atoms with E-state index in [1.807, 2.05) is 30.3 Å². The Hall–Kier alpha value is -6.24. The lowest BCUT2D eigenvalue weighted by molar-refractivity contribution is 0.345. The quantitative estimate of drug-likeness (QED) is 0.160. The van der Waals surface area contributed by atoms with Gasteiger partial charge >= 0.3 is 0 Å². The summed E-state index contributed by atoms with van der Waals surface area (Å²) in [4.78, 5) is 18.4. The summed E-state index contributed by atoms with van der Waals surface area (Å²) in [5.41, 5.74) is 15.8. The van der Waals surface area contributed by atoms with E-state index in [-0.39, 0.29) is 0 Å². The third-order valence-electron chi connectivity index (χ3n) is 9.43. The van der Waals surface area contributed by atoms with Crippen molar-refractivity contribution in [1.82, 2.24) is 19.9 Å². The second-order valence-corrected chi connectivity index (χ2v) is 13.5. The number of benzene rings is 4. The molecule has 7 aromatic rings. The molecule has 0 radical (unpaired) electrons. The van der Waals surface area contributed by atoms with E-state index in [2.05, 4.69) is 159 Å². The maximum absolute atomic E-state index is 5.90. The molecule has 9 rings (SSSR count). The fourth-order valence-electron chi connectivity index (χ4n) is 7.11. The van der Waals surface area contributed by atoms with Gasteiger partial charge < -0.3 is 14.7 Å². The highest BCUT2D eigenvalue weighted by atomic mass is 79.9. The topological polar surface area (TPSA) is 66.6 Å². The zero-order valence-electron chi connectivity index (χ0n) is 28.2. The Bertz CT molecular complexity index is 2600. The molecular formula is C46H33BrN4O. The van der Waals surface area contributed by atoms with Crippen molar-refractivity contribution in [3.05, 3.63) is 162 Å². The first kappa shape index (κ1) is 31.7. The Labute approximate surface area is 310 Å². The molecular weight excluding hydrogens is 704 g/mol. The molecule has 0 saturated carbocycles. The van der Waals surface area contributed by atoms with E-state index in [0.29, 0.717) is 6.61 Å². The number of alkyl halides is 1. The molecule has 2 aliphatic rings. The number of hydrogen-bond donors (Lipinski definition) is 2. The lowest BCUT2D eigenvalue weighted by atomic mass is 10.0. The number of nitrogens with one attached hydrogen (secondary N) is 2. The fraction of sp³-hybridized carbons (Fsp3) is 0.0435. The van der Waals surface area contributed by atoms with E-state index in [1.54, 1.807) is 0 Å². The van der Waals surface area contributed by atoms with Crippen molar-refractivity contribution in [2.75, 3.05) is 11.9 Å². The largest absolute Gasteiger partial charge is 0.493 e. The van der Waals surface area contributed by atoms with Crippen LogP contribution in [0.25, 0.3) is 90.9 Å². The van der Waals surface area contributed by atoms with Crippen LogP contribution in [0.3, 0.4) is 0 Å². The highest BCUT2D eigenvalue weighted by Gasteiger charge is 2.18. The highest BCUT2D eigenvalue weighted by molar-refractivity contribution is 9.09. The molecule has 8 bridgehead atoms. The van der Waals surface area contributed by atoms with Gasteiger partial charge in [-0.05, 0) is 83.0 Å². The monoisotopic (exact) mass is 736 g/mol. The van der Waals surface area contributed by atoms with Gasteiger partial charge in [0.2, 0.25) is 0 Å². The number of fused-ring (bicyclic) bond motifs is 8. The number of hydrogen-bond acceptors (Lipinski definition) is 3. The number of aromatic nitrogens is 4. The molecule has 0 spiro atoms. The van der Waals surface area contributed by atoms with Crippen molar-refractivity contribution in [2.45, 2.75) is 0 Å². The number of aromatic amines is 2. The number of rotatable bonds is 7. The summed E-state index contributed by atoms with van der Waals surface area (Å²) in [6.07, 6.45) is 8.51. The maximum Gasteiger partial charge on any atom is 0.119 e. The summed E-state index contributed by atoms with van der Waals surface area (Å²) in [5, 5.41) is 0.770. The van der Waals surface area contributed by atoms with Gasteiger partial charge in [0, 0.05) is 49.7 Å². The van der Waals surface area contributed by atoms with E-state index >= 15 is 0 Å². The fourth-order valence-corrected chi connectivity index (χ4v) is 7.27. The molecule has 250 valence electrons. The van der Waals surface area contributed by atoms with Crippen molar-refractivity contribution in [2.24, 2.45) is 0 Å². The summed E-state index contributed by atoms with van der Waals surface area (Å²) in [7, 11) is 0. The van der Waals surface area contributed by atoms with Crippen LogP contribution < -0.4 is 4.74 Å². The number of H-pyrrole nitrogens is 2. The Morgan fingerprint density at radius 2 is 0.731 bits per heavy atom. The van der Waals surface area contributed by atoms with Crippen molar-refractivity contribution in [3.8, 4) is 50.3 Å². The van der Waals surface area contributed by atoms with Gasteiger partial charge in [0.25, 0.3) is 0 Å². The predicted octanol–water partition coefficient (Wildman–Crippen LogP) is 12.1. The number of nitrogens with zero attached hydrogens (tertiary/aromatic N) is 2. The van der Waals surface area contributed by atoms with Gasteiger partial charge in [-0.3, -0.25) is 0 Å². The first-order chi connectivity index (χ1) is 25.7. The molecule has 2 N–H and O–H groups in total. The van der Waals surface area contributed by atoms with E-state index in [9.17, 15) is 0 Å². The van der Waals surface area contributed by atoms with Gasteiger partial charge in [-0.25, -0.2) is 9.97 Å². The summed E-state index contributed by atoms with van der Waals surface area (Å²) in [6, 6.07) is 48.3. The number of ether oxygens (including phenoxy) is 1. The molecule has 6 heteroatoms. The van der Waals surface area contributed by atoms with Crippen LogP contribution in [0.2, 0.25) is 0 Å². The van der Waals surface area contributed by atoms with Crippen molar-refractivity contribution < 1.29 is 4.74 Å². The summed E-state index contributed by atoms with van der Waals surface area (Å²) in [5.74, 6) is 0.826. The zero-order valence-corrected chi connectivity index (χ0v) is 29.8. The standard InChI is InChI=1S/C46H33BrN4O/c47-28-29-52-34-18-16-33(17-19-34)46-41-26-24-39(50-41)44(31-12-6-2-7-13-31)37-22-20-35(48-37)43(30-10-4-1-5-11-30)36-21-23-38(49-36)45(32-14-8-3-9-15-32)40-25-27-42(46)51-40/h1-27,48,51H,28-29H2. The first-order valence-corrected chi connectivity index (χ1v) is 18.5. The van der Waals surface area contributed by atoms with Crippen LogP contribution in [-0.2, 0) is 0 Å². The number of halogens is 1. The summed E-state index contributed by atoms with van der Waals surface area (Å²) >= 11 is 3.46. The van der Waals surface area contributed by atoms with Crippen molar-refractivity contribution >= 4 is 62.3 Å². The van der Waals surface area contributed by atoms with Crippen LogP contribution in [0.15, 0.2) is 140 Å². The molecule has 0 saturated heterocycles. The van der Waals surface area contributed by atoms with E-state index in [1.165, 1.54) is 0 Å². The SMILES string of the molecule is BrCCOc1ccc(-c2c3nc(c(-c4ccccc4)c4ccc([nH]4)c(-c4ccccc4)c4nc(c(-c5ccccc5)c5ccc2[nH]5)C=C4)C=C3)cc1. The Kier molecular flexibility index (Phi) is 8.43. The van der Waals surface area contributed by atoms with Crippen molar-refractivity contribution in [1.29, 1.82) is 0 Å². The molecule has 0 amide bonds. The third kappa shape index (κ3) is 5.97. The van der Waals surface area contributed by atoms with Gasteiger partial charge in [0.05, 0.1) is 29.4 Å². The zero-order chi connectivity index (χ0) is 34.9. The van der Waals surface area contributed by atoms with Crippen LogP contribution in [0.1, 0.15) is 22.8 Å². The van der Waals surface area contributed by atoms with Crippen LogP contribution in [0.5, 0.6) is 5.75 Å². The van der Waals surface area contributed by atoms with Crippen molar-refractivity contribution in [3.63, 3.8) is 0 Å². The van der Waals surface area contributed by atoms with Gasteiger partial charge in [0.15, 0.2) is 0 Å². The van der Waals surface area contributed by atoms with E-state index < -0.39 is 0 Å².